The molecule has 1 saturated heterocycles. The number of benzene rings is 1. The van der Waals surface area contributed by atoms with Crippen molar-refractivity contribution in [1.82, 2.24) is 20.0 Å². The van der Waals surface area contributed by atoms with Gasteiger partial charge in [0, 0.05) is 43.1 Å². The van der Waals surface area contributed by atoms with Crippen molar-refractivity contribution in [2.24, 2.45) is 11.8 Å². The Kier molecular flexibility index (Phi) is 6.05. The van der Waals surface area contributed by atoms with Gasteiger partial charge in [0.1, 0.15) is 0 Å². The van der Waals surface area contributed by atoms with Crippen molar-refractivity contribution in [1.29, 1.82) is 0 Å². The molecule has 0 atom stereocenters. The van der Waals surface area contributed by atoms with Gasteiger partial charge in [0.15, 0.2) is 0 Å². The minimum Gasteiger partial charge on any atom is -0.356 e. The largest absolute Gasteiger partial charge is 0.356 e. The van der Waals surface area contributed by atoms with Crippen molar-refractivity contribution in [2.45, 2.75) is 39.8 Å². The van der Waals surface area contributed by atoms with Gasteiger partial charge in [-0.05, 0) is 31.2 Å². The van der Waals surface area contributed by atoms with E-state index < -0.39 is 0 Å². The fourth-order valence-corrected chi connectivity index (χ4v) is 3.44. The molecule has 0 bridgehead atoms. The van der Waals surface area contributed by atoms with Crippen LogP contribution >= 0.6 is 0 Å². The summed E-state index contributed by atoms with van der Waals surface area (Å²) < 4.78 is 1.80. The molecule has 0 saturated carbocycles. The molecule has 8 heteroatoms. The van der Waals surface area contributed by atoms with Gasteiger partial charge in [-0.2, -0.15) is 5.10 Å². The molecule has 1 amide bonds. The van der Waals surface area contributed by atoms with Gasteiger partial charge < -0.3 is 5.32 Å². The van der Waals surface area contributed by atoms with Crippen LogP contribution in [-0.2, 0) is 11.5 Å². The van der Waals surface area contributed by atoms with Gasteiger partial charge in [-0.3, -0.25) is 24.5 Å². The van der Waals surface area contributed by atoms with Gasteiger partial charge in [0.2, 0.25) is 5.91 Å². The first kappa shape index (κ1) is 19.3. The number of nitro groups is 1. The number of nitro benzene ring substituents is 1. The Hall–Kier alpha value is -2.48. The van der Waals surface area contributed by atoms with Crippen LogP contribution in [0, 0.1) is 22.0 Å². The summed E-state index contributed by atoms with van der Waals surface area (Å²) in [5, 5.41) is 19.3. The number of hydrogen-bond acceptors (Lipinski definition) is 5. The average Bonchev–Trinajstić information content (AvgIpc) is 3.04. The predicted octanol–water partition coefficient (Wildman–Crippen LogP) is 2.78. The highest BCUT2D eigenvalue weighted by molar-refractivity contribution is 5.81. The van der Waals surface area contributed by atoms with Gasteiger partial charge in [0.25, 0.3) is 5.69 Å². The maximum atomic E-state index is 12.3. The predicted molar refractivity (Wildman–Crippen MR) is 103 cm³/mol. The Balaban J connectivity index is 1.55. The number of carbonyl (C=O) groups excluding carboxylic acids is 1. The van der Waals surface area contributed by atoms with Crippen molar-refractivity contribution < 1.29 is 9.72 Å². The Labute approximate surface area is 158 Å². The highest BCUT2D eigenvalue weighted by atomic mass is 16.6. The Morgan fingerprint density at radius 2 is 2.11 bits per heavy atom. The van der Waals surface area contributed by atoms with Crippen LogP contribution in [0.25, 0.3) is 10.9 Å². The number of rotatable bonds is 7. The number of likely N-dealkylation sites (tertiary alicyclic amines) is 1. The summed E-state index contributed by atoms with van der Waals surface area (Å²) in [4.78, 5) is 25.1. The molecule has 0 spiro atoms. The molecule has 0 unspecified atom stereocenters. The van der Waals surface area contributed by atoms with Crippen LogP contribution in [0.5, 0.6) is 0 Å². The standard InChI is InChI=1S/C19H27N5O3/c1-14(2)5-8-20-19(25)15-6-9-22(10-7-15)13-23-18-11-17(24(26)27)4-3-16(18)12-21-23/h3-4,11-12,14-15H,5-10,13H2,1-2H3,(H,20,25). The molecule has 1 aromatic carbocycles. The third-order valence-electron chi connectivity index (χ3n) is 5.15. The number of nitrogens with zero attached hydrogens (tertiary/aromatic N) is 4. The molecule has 8 nitrogen and oxygen atoms in total. The number of piperidine rings is 1. The highest BCUT2D eigenvalue weighted by Crippen LogP contribution is 2.22. The zero-order valence-electron chi connectivity index (χ0n) is 15.9. The third-order valence-corrected chi connectivity index (χ3v) is 5.15. The van der Waals surface area contributed by atoms with E-state index in [9.17, 15) is 14.9 Å². The van der Waals surface area contributed by atoms with Crippen LogP contribution in [-0.4, -0.2) is 45.1 Å². The number of nitrogens with one attached hydrogen (secondary N) is 1. The van der Waals surface area contributed by atoms with E-state index in [1.807, 2.05) is 0 Å². The molecular weight excluding hydrogens is 346 g/mol. The van der Waals surface area contributed by atoms with Crippen molar-refractivity contribution in [2.75, 3.05) is 19.6 Å². The van der Waals surface area contributed by atoms with Crippen LogP contribution in [0.15, 0.2) is 24.4 Å². The first-order chi connectivity index (χ1) is 12.9. The third kappa shape index (κ3) is 4.82. The molecule has 1 fully saturated rings. The van der Waals surface area contributed by atoms with E-state index in [2.05, 4.69) is 29.2 Å². The van der Waals surface area contributed by atoms with Gasteiger partial charge in [0.05, 0.1) is 23.3 Å². The zero-order chi connectivity index (χ0) is 19.4. The molecule has 1 aliphatic rings. The summed E-state index contributed by atoms with van der Waals surface area (Å²) >= 11 is 0. The zero-order valence-corrected chi connectivity index (χ0v) is 15.9. The molecule has 3 rings (SSSR count). The minimum atomic E-state index is -0.389. The van der Waals surface area contributed by atoms with Crippen molar-refractivity contribution in [3.05, 3.63) is 34.5 Å². The summed E-state index contributed by atoms with van der Waals surface area (Å²) in [5.41, 5.74) is 0.832. The number of carbonyl (C=O) groups is 1. The van der Waals surface area contributed by atoms with Crippen LogP contribution in [0.3, 0.4) is 0 Å². The lowest BCUT2D eigenvalue weighted by Crippen LogP contribution is -2.41. The van der Waals surface area contributed by atoms with Crippen molar-refractivity contribution >= 4 is 22.5 Å². The topological polar surface area (TPSA) is 93.3 Å². The Bertz CT molecular complexity index is 809. The van der Waals surface area contributed by atoms with Gasteiger partial charge in [-0.25, -0.2) is 0 Å². The molecular formula is C19H27N5O3. The van der Waals surface area contributed by atoms with Crippen molar-refractivity contribution in [3.8, 4) is 0 Å². The van der Waals surface area contributed by atoms with Gasteiger partial charge >= 0.3 is 0 Å². The summed E-state index contributed by atoms with van der Waals surface area (Å²) in [6.07, 6.45) is 4.39. The number of amides is 1. The fourth-order valence-electron chi connectivity index (χ4n) is 3.44. The number of fused-ring (bicyclic) bond motifs is 1. The van der Waals surface area contributed by atoms with Crippen LogP contribution in [0.1, 0.15) is 33.1 Å². The van der Waals surface area contributed by atoms with E-state index in [4.69, 9.17) is 0 Å². The molecule has 0 aliphatic carbocycles. The van der Waals surface area contributed by atoms with E-state index in [-0.39, 0.29) is 22.4 Å². The van der Waals surface area contributed by atoms with Gasteiger partial charge in [-0.15, -0.1) is 0 Å². The van der Waals surface area contributed by atoms with Crippen LogP contribution in [0.2, 0.25) is 0 Å². The van der Waals surface area contributed by atoms with Crippen LogP contribution in [0.4, 0.5) is 5.69 Å². The lowest BCUT2D eigenvalue weighted by molar-refractivity contribution is -0.384. The second-order valence-electron chi connectivity index (χ2n) is 7.65. The summed E-state index contributed by atoms with van der Waals surface area (Å²) in [5.74, 6) is 0.825. The van der Waals surface area contributed by atoms with E-state index in [1.54, 1.807) is 23.0 Å². The van der Waals surface area contributed by atoms with E-state index in [1.165, 1.54) is 6.07 Å². The monoisotopic (exact) mass is 373 g/mol. The second kappa shape index (κ2) is 8.47. The van der Waals surface area contributed by atoms with E-state index >= 15 is 0 Å². The molecule has 1 aromatic heterocycles. The Morgan fingerprint density at radius 3 is 2.78 bits per heavy atom. The quantitative estimate of drug-likeness (QED) is 0.595. The second-order valence-corrected chi connectivity index (χ2v) is 7.65. The smallest absolute Gasteiger partial charge is 0.271 e. The number of hydrogen-bond donors (Lipinski definition) is 1. The molecule has 2 heterocycles. The molecule has 1 N–H and O–H groups in total. The lowest BCUT2D eigenvalue weighted by Gasteiger charge is -2.31. The summed E-state index contributed by atoms with van der Waals surface area (Å²) in [6, 6.07) is 4.79. The maximum absolute atomic E-state index is 12.3. The fraction of sp³-hybridized carbons (Fsp3) is 0.579. The number of non-ortho nitro benzene ring substituents is 1. The maximum Gasteiger partial charge on any atom is 0.271 e. The molecule has 2 aromatic rings. The molecule has 146 valence electrons. The average molecular weight is 373 g/mol. The molecule has 1 aliphatic heterocycles. The first-order valence-corrected chi connectivity index (χ1v) is 9.54. The van der Waals surface area contributed by atoms with Crippen molar-refractivity contribution in [3.63, 3.8) is 0 Å². The highest BCUT2D eigenvalue weighted by Gasteiger charge is 2.25. The first-order valence-electron chi connectivity index (χ1n) is 9.54. The number of aromatic nitrogens is 2. The van der Waals surface area contributed by atoms with Gasteiger partial charge in [-0.1, -0.05) is 13.8 Å². The van der Waals surface area contributed by atoms with E-state index in [0.717, 1.165) is 49.8 Å². The molecule has 27 heavy (non-hydrogen) atoms. The molecule has 0 radical (unpaired) electrons. The summed E-state index contributed by atoms with van der Waals surface area (Å²) in [7, 11) is 0. The Morgan fingerprint density at radius 1 is 1.37 bits per heavy atom. The lowest BCUT2D eigenvalue weighted by atomic mass is 9.96. The van der Waals surface area contributed by atoms with E-state index in [0.29, 0.717) is 12.6 Å². The normalized spacial score (nSPS) is 16.1. The summed E-state index contributed by atoms with van der Waals surface area (Å²) in [6.45, 7) is 7.26. The van der Waals surface area contributed by atoms with Crippen LogP contribution < -0.4 is 5.32 Å². The minimum absolute atomic E-state index is 0.0704. The SMILES string of the molecule is CC(C)CCNC(=O)C1CCN(Cn2ncc3ccc([N+](=O)[O-])cc32)CC1.